The monoisotopic (exact) mass is 275 g/mol. The Balaban J connectivity index is 2.01. The van der Waals surface area contributed by atoms with Crippen molar-refractivity contribution >= 4 is 33.0 Å². The van der Waals surface area contributed by atoms with Gasteiger partial charge in [0.25, 0.3) is 0 Å². The molecule has 98 valence electrons. The van der Waals surface area contributed by atoms with Crippen LogP contribution < -0.4 is 0 Å². The number of rotatable bonds is 3. The molecule has 6 heteroatoms. The molecule has 0 atom stereocenters. The molecule has 3 rings (SSSR count). The number of nitrogens with one attached hydrogen (secondary N) is 1. The third-order valence-electron chi connectivity index (χ3n) is 3.06. The van der Waals surface area contributed by atoms with Crippen LogP contribution in [0.25, 0.3) is 15.8 Å². The molecule has 1 aliphatic rings. The second-order valence-corrected chi connectivity index (χ2v) is 5.33. The van der Waals surface area contributed by atoms with Crippen molar-refractivity contribution in [3.05, 3.63) is 35.0 Å². The summed E-state index contributed by atoms with van der Waals surface area (Å²) in [5.74, 6) is 0.378. The van der Waals surface area contributed by atoms with Gasteiger partial charge in [-0.15, -0.1) is 11.3 Å². The van der Waals surface area contributed by atoms with Crippen molar-refractivity contribution in [2.75, 3.05) is 19.7 Å². The summed E-state index contributed by atoms with van der Waals surface area (Å²) in [6, 6.07) is 7.74. The molecule has 0 fully saturated rings. The molecular formula is C13H13N3O2S. The van der Waals surface area contributed by atoms with E-state index in [1.807, 2.05) is 24.3 Å². The molecule has 0 unspecified atom stereocenters. The lowest BCUT2D eigenvalue weighted by Gasteiger charge is -2.16. The Morgan fingerprint density at radius 3 is 2.89 bits per heavy atom. The van der Waals surface area contributed by atoms with Crippen LogP contribution in [0.2, 0.25) is 0 Å². The van der Waals surface area contributed by atoms with Crippen molar-refractivity contribution in [3.8, 4) is 0 Å². The average molecular weight is 275 g/mol. The summed E-state index contributed by atoms with van der Waals surface area (Å²) < 4.78 is 1.03. The number of hydrogen-bond donors (Lipinski definition) is 3. The van der Waals surface area contributed by atoms with Gasteiger partial charge in [-0.05, 0) is 12.1 Å². The fraction of sp³-hybridized carbons (Fsp3) is 0.231. The second kappa shape index (κ2) is 4.64. The minimum atomic E-state index is -0.0389. The van der Waals surface area contributed by atoms with Gasteiger partial charge in [-0.2, -0.15) is 0 Å². The summed E-state index contributed by atoms with van der Waals surface area (Å²) >= 11 is 1.46. The molecule has 0 saturated heterocycles. The summed E-state index contributed by atoms with van der Waals surface area (Å²) in [5.41, 5.74) is 1.35. The Hall–Kier alpha value is -1.92. The fourth-order valence-electron chi connectivity index (χ4n) is 2.15. The molecule has 3 N–H and O–H groups in total. The third-order valence-corrected chi connectivity index (χ3v) is 4.11. The van der Waals surface area contributed by atoms with Crippen molar-refractivity contribution in [2.45, 2.75) is 0 Å². The molecule has 1 aromatic carbocycles. The Morgan fingerprint density at radius 1 is 1.37 bits per heavy atom. The Kier molecular flexibility index (Phi) is 2.96. The molecule has 1 aromatic heterocycles. The Morgan fingerprint density at radius 2 is 2.16 bits per heavy atom. The van der Waals surface area contributed by atoms with E-state index in [2.05, 4.69) is 4.98 Å². The summed E-state index contributed by atoms with van der Waals surface area (Å²) in [4.78, 5) is 6.10. The topological polar surface area (TPSA) is 80.4 Å². The first-order chi connectivity index (χ1) is 9.20. The van der Waals surface area contributed by atoms with Crippen LogP contribution in [-0.2, 0) is 0 Å². The zero-order chi connectivity index (χ0) is 13.4. The molecule has 0 radical (unpaired) electrons. The number of amidine groups is 1. The predicted molar refractivity (Wildman–Crippen MR) is 75.6 cm³/mol. The van der Waals surface area contributed by atoms with E-state index in [9.17, 15) is 5.11 Å². The van der Waals surface area contributed by atoms with E-state index in [1.165, 1.54) is 11.3 Å². The first-order valence-electron chi connectivity index (χ1n) is 5.93. The molecule has 0 aliphatic carbocycles. The molecule has 0 spiro atoms. The van der Waals surface area contributed by atoms with E-state index in [4.69, 9.17) is 10.5 Å². The summed E-state index contributed by atoms with van der Waals surface area (Å²) in [6.45, 7) is 0.574. The van der Waals surface area contributed by atoms with Crippen LogP contribution in [0.1, 0.15) is 5.01 Å². The van der Waals surface area contributed by atoms with Crippen molar-refractivity contribution in [1.29, 1.82) is 5.41 Å². The van der Waals surface area contributed by atoms with Gasteiger partial charge in [-0.1, -0.05) is 12.1 Å². The largest absolute Gasteiger partial charge is 0.510 e. The number of nitrogens with zero attached hydrogens (tertiary/aromatic N) is 2. The van der Waals surface area contributed by atoms with Crippen LogP contribution in [-0.4, -0.2) is 45.6 Å². The quantitative estimate of drug-likeness (QED) is 0.798. The van der Waals surface area contributed by atoms with Gasteiger partial charge >= 0.3 is 0 Å². The highest BCUT2D eigenvalue weighted by Crippen LogP contribution is 2.32. The maximum absolute atomic E-state index is 10.0. The van der Waals surface area contributed by atoms with E-state index < -0.39 is 0 Å². The minimum Gasteiger partial charge on any atom is -0.510 e. The highest BCUT2D eigenvalue weighted by molar-refractivity contribution is 7.19. The zero-order valence-electron chi connectivity index (χ0n) is 10.1. The highest BCUT2D eigenvalue weighted by atomic mass is 32.1. The fourth-order valence-corrected chi connectivity index (χ4v) is 3.18. The van der Waals surface area contributed by atoms with Crippen molar-refractivity contribution in [2.24, 2.45) is 0 Å². The lowest BCUT2D eigenvalue weighted by Crippen LogP contribution is -2.29. The number of benzene rings is 1. The molecule has 0 saturated carbocycles. The molecular weight excluding hydrogens is 262 g/mol. The van der Waals surface area contributed by atoms with Crippen LogP contribution in [0.5, 0.6) is 0 Å². The summed E-state index contributed by atoms with van der Waals surface area (Å²) in [7, 11) is 0. The van der Waals surface area contributed by atoms with E-state index in [1.54, 1.807) is 4.90 Å². The predicted octanol–water partition coefficient (Wildman–Crippen LogP) is 1.85. The highest BCUT2D eigenvalue weighted by Gasteiger charge is 2.29. The Bertz CT molecular complexity index is 644. The third kappa shape index (κ3) is 1.98. The number of thiazole rings is 1. The van der Waals surface area contributed by atoms with E-state index in [0.29, 0.717) is 17.1 Å². The van der Waals surface area contributed by atoms with Gasteiger partial charge in [0.1, 0.15) is 16.6 Å². The maximum Gasteiger partial charge on any atom is 0.135 e. The van der Waals surface area contributed by atoms with Gasteiger partial charge in [0.15, 0.2) is 0 Å². The van der Waals surface area contributed by atoms with Crippen LogP contribution in [0, 0.1) is 5.41 Å². The zero-order valence-corrected chi connectivity index (χ0v) is 10.9. The first-order valence-corrected chi connectivity index (χ1v) is 6.75. The van der Waals surface area contributed by atoms with Gasteiger partial charge in [-0.25, -0.2) is 4.98 Å². The van der Waals surface area contributed by atoms with Gasteiger partial charge in [0.2, 0.25) is 0 Å². The smallest absolute Gasteiger partial charge is 0.135 e. The summed E-state index contributed by atoms with van der Waals surface area (Å²) in [6.07, 6.45) is 0. The number of aromatic nitrogens is 1. The standard InChI is InChI=1S/C13H13N3O2S/c14-12-11(9(18)7-16(12)5-6-17)13-15-8-3-1-2-4-10(8)19-13/h1-4,14,17-18H,5-7H2. The number of para-hydroxylation sites is 1. The number of hydrogen-bond acceptors (Lipinski definition) is 5. The molecule has 19 heavy (non-hydrogen) atoms. The van der Waals surface area contributed by atoms with Gasteiger partial charge in [-0.3, -0.25) is 5.41 Å². The van der Waals surface area contributed by atoms with Crippen molar-refractivity contribution in [1.82, 2.24) is 9.88 Å². The van der Waals surface area contributed by atoms with Gasteiger partial charge < -0.3 is 15.1 Å². The molecule has 5 nitrogen and oxygen atoms in total. The Labute approximate surface area is 114 Å². The number of fused-ring (bicyclic) bond motifs is 1. The van der Waals surface area contributed by atoms with Crippen LogP contribution >= 0.6 is 11.3 Å². The van der Waals surface area contributed by atoms with Gasteiger partial charge in [0.05, 0.1) is 28.9 Å². The number of β-amino-alcohol motifs (C(OH)–C–C–N with tert-alkyl or cyclic N) is 1. The lowest BCUT2D eigenvalue weighted by molar-refractivity contribution is 0.248. The number of aliphatic hydroxyl groups excluding tert-OH is 2. The van der Waals surface area contributed by atoms with Gasteiger partial charge in [0, 0.05) is 6.54 Å². The van der Waals surface area contributed by atoms with Crippen LogP contribution in [0.3, 0.4) is 0 Å². The second-order valence-electron chi connectivity index (χ2n) is 4.30. The number of aliphatic hydroxyl groups is 2. The van der Waals surface area contributed by atoms with E-state index >= 15 is 0 Å². The molecule has 2 heterocycles. The average Bonchev–Trinajstić information content (AvgIpc) is 2.91. The van der Waals surface area contributed by atoms with Crippen molar-refractivity contribution < 1.29 is 10.2 Å². The SMILES string of the molecule is N=C1C(c2nc3ccccc3s2)=C(O)CN1CCO. The lowest BCUT2D eigenvalue weighted by atomic mass is 10.2. The maximum atomic E-state index is 10.0. The van der Waals surface area contributed by atoms with Crippen LogP contribution in [0.4, 0.5) is 0 Å². The normalized spacial score (nSPS) is 15.8. The first kappa shape index (κ1) is 12.1. The molecule has 0 amide bonds. The van der Waals surface area contributed by atoms with E-state index in [-0.39, 0.29) is 24.7 Å². The van der Waals surface area contributed by atoms with Crippen LogP contribution in [0.15, 0.2) is 30.0 Å². The molecule has 0 bridgehead atoms. The molecule has 2 aromatic rings. The summed E-state index contributed by atoms with van der Waals surface area (Å²) in [5, 5.41) is 27.7. The van der Waals surface area contributed by atoms with Crippen molar-refractivity contribution in [3.63, 3.8) is 0 Å². The van der Waals surface area contributed by atoms with E-state index in [0.717, 1.165) is 10.2 Å². The molecule has 1 aliphatic heterocycles. The minimum absolute atomic E-state index is 0.0389.